The summed E-state index contributed by atoms with van der Waals surface area (Å²) in [5.41, 5.74) is 3.81. The minimum Gasteiger partial charge on any atom is -0.395 e. The third-order valence-corrected chi connectivity index (χ3v) is 4.64. The van der Waals surface area contributed by atoms with Crippen LogP contribution in [0.3, 0.4) is 0 Å². The van der Waals surface area contributed by atoms with E-state index in [0.29, 0.717) is 11.6 Å². The Morgan fingerprint density at radius 3 is 2.60 bits per heavy atom. The maximum atomic E-state index is 12.5. The molecule has 3 rings (SSSR count). The molecule has 25 heavy (non-hydrogen) atoms. The lowest BCUT2D eigenvalue weighted by atomic mass is 10.1. The van der Waals surface area contributed by atoms with Gasteiger partial charge in [-0.25, -0.2) is 0 Å². The summed E-state index contributed by atoms with van der Waals surface area (Å²) < 4.78 is 0. The monoisotopic (exact) mass is 338 g/mol. The average Bonchev–Trinajstić information content (AvgIpc) is 3.46. The van der Waals surface area contributed by atoms with Crippen molar-refractivity contribution >= 4 is 11.6 Å². The van der Waals surface area contributed by atoms with Gasteiger partial charge >= 0.3 is 0 Å². The summed E-state index contributed by atoms with van der Waals surface area (Å²) in [5.74, 6) is -0.0832. The number of hydrogen-bond donors (Lipinski definition) is 2. The zero-order valence-electron chi connectivity index (χ0n) is 14.7. The number of aliphatic hydroxyl groups excluding tert-OH is 1. The first-order valence-electron chi connectivity index (χ1n) is 8.97. The lowest BCUT2D eigenvalue weighted by Crippen LogP contribution is -2.31. The molecule has 2 aromatic rings. The number of benzene rings is 2. The molecule has 2 N–H and O–H groups in total. The number of hydrogen-bond acceptors (Lipinski definition) is 3. The normalized spacial score (nSPS) is 13.9. The molecule has 0 unspecified atom stereocenters. The third kappa shape index (κ3) is 5.15. The molecular formula is C21H26N2O2. The molecule has 4 nitrogen and oxygen atoms in total. The predicted molar refractivity (Wildman–Crippen MR) is 101 cm³/mol. The quantitative estimate of drug-likeness (QED) is 0.777. The molecule has 0 spiro atoms. The van der Waals surface area contributed by atoms with Gasteiger partial charge in [0.1, 0.15) is 0 Å². The van der Waals surface area contributed by atoms with Crippen LogP contribution in [0.1, 0.15) is 34.3 Å². The van der Waals surface area contributed by atoms with Crippen LogP contribution >= 0.6 is 0 Å². The molecule has 0 aromatic heterocycles. The standard InChI is InChI=1S/C21H26N2O2/c1-16-5-7-19(8-6-16)22-21(25)18-4-2-3-17(15-18)11-12-23(13-14-24)20-9-10-20/h2-8,15,20,24H,9-14H2,1H3,(H,22,25). The van der Waals surface area contributed by atoms with Crippen LogP contribution in [0.25, 0.3) is 0 Å². The number of nitrogens with zero attached hydrogens (tertiary/aromatic N) is 1. The fourth-order valence-corrected chi connectivity index (χ4v) is 3.03. The van der Waals surface area contributed by atoms with Gasteiger partial charge in [0.05, 0.1) is 6.61 Å². The van der Waals surface area contributed by atoms with Crippen LogP contribution in [-0.4, -0.2) is 41.7 Å². The molecule has 0 saturated heterocycles. The highest BCUT2D eigenvalue weighted by Crippen LogP contribution is 2.26. The van der Waals surface area contributed by atoms with Crippen LogP contribution in [0, 0.1) is 6.92 Å². The summed E-state index contributed by atoms with van der Waals surface area (Å²) in [4.78, 5) is 14.8. The van der Waals surface area contributed by atoms with Crippen LogP contribution in [0.15, 0.2) is 48.5 Å². The minimum atomic E-state index is -0.0832. The molecule has 1 saturated carbocycles. The average molecular weight is 338 g/mol. The zero-order valence-corrected chi connectivity index (χ0v) is 14.7. The molecule has 1 amide bonds. The Morgan fingerprint density at radius 2 is 1.92 bits per heavy atom. The highest BCUT2D eigenvalue weighted by atomic mass is 16.3. The van der Waals surface area contributed by atoms with E-state index in [1.165, 1.54) is 18.4 Å². The van der Waals surface area contributed by atoms with E-state index in [9.17, 15) is 9.90 Å². The van der Waals surface area contributed by atoms with Crippen LogP contribution in [-0.2, 0) is 6.42 Å². The van der Waals surface area contributed by atoms with E-state index in [1.807, 2.05) is 49.4 Å². The summed E-state index contributed by atoms with van der Waals surface area (Å²) in [6, 6.07) is 16.3. The summed E-state index contributed by atoms with van der Waals surface area (Å²) in [6.45, 7) is 3.89. The maximum absolute atomic E-state index is 12.5. The molecule has 0 atom stereocenters. The number of anilines is 1. The molecule has 1 aliphatic rings. The molecule has 0 radical (unpaired) electrons. The molecule has 132 valence electrons. The first kappa shape index (κ1) is 17.6. The van der Waals surface area contributed by atoms with Gasteiger partial charge in [-0.05, 0) is 56.0 Å². The molecule has 1 aliphatic carbocycles. The SMILES string of the molecule is Cc1ccc(NC(=O)c2cccc(CCN(CCO)C3CC3)c2)cc1. The summed E-state index contributed by atoms with van der Waals surface area (Å²) in [7, 11) is 0. The number of aryl methyl sites for hydroxylation is 1. The molecule has 1 fully saturated rings. The number of aliphatic hydroxyl groups is 1. The van der Waals surface area contributed by atoms with E-state index >= 15 is 0 Å². The Hall–Kier alpha value is -2.17. The van der Waals surface area contributed by atoms with Crippen LogP contribution in [0.2, 0.25) is 0 Å². The maximum Gasteiger partial charge on any atom is 0.255 e. The van der Waals surface area contributed by atoms with Crippen molar-refractivity contribution in [2.45, 2.75) is 32.2 Å². The smallest absolute Gasteiger partial charge is 0.255 e. The summed E-state index contributed by atoms with van der Waals surface area (Å²) >= 11 is 0. The van der Waals surface area contributed by atoms with Crippen LogP contribution in [0.4, 0.5) is 5.69 Å². The fourth-order valence-electron chi connectivity index (χ4n) is 3.03. The number of carbonyl (C=O) groups excluding carboxylic acids is 1. The predicted octanol–water partition coefficient (Wildman–Crippen LogP) is 3.25. The number of carbonyl (C=O) groups is 1. The Kier molecular flexibility index (Phi) is 5.84. The molecule has 0 heterocycles. The number of nitrogens with one attached hydrogen (secondary N) is 1. The van der Waals surface area contributed by atoms with Crippen molar-refractivity contribution in [2.75, 3.05) is 25.0 Å². The molecule has 0 bridgehead atoms. The van der Waals surface area contributed by atoms with Crippen LogP contribution in [0.5, 0.6) is 0 Å². The van der Waals surface area contributed by atoms with Gasteiger partial charge in [-0.2, -0.15) is 0 Å². The Morgan fingerprint density at radius 1 is 1.16 bits per heavy atom. The number of rotatable bonds is 8. The Labute approximate surface area is 149 Å². The van der Waals surface area contributed by atoms with Crippen molar-refractivity contribution in [1.82, 2.24) is 4.90 Å². The van der Waals surface area contributed by atoms with Gasteiger partial charge < -0.3 is 10.4 Å². The van der Waals surface area contributed by atoms with Gasteiger partial charge in [0, 0.05) is 30.4 Å². The summed E-state index contributed by atoms with van der Waals surface area (Å²) in [5, 5.41) is 12.1. The van der Waals surface area contributed by atoms with E-state index in [1.54, 1.807) is 0 Å². The first-order chi connectivity index (χ1) is 12.2. The summed E-state index contributed by atoms with van der Waals surface area (Å²) in [6.07, 6.45) is 3.36. The van der Waals surface area contributed by atoms with Gasteiger partial charge in [-0.15, -0.1) is 0 Å². The van der Waals surface area contributed by atoms with Crippen molar-refractivity contribution in [3.63, 3.8) is 0 Å². The first-order valence-corrected chi connectivity index (χ1v) is 8.97. The molecule has 0 aliphatic heterocycles. The third-order valence-electron chi connectivity index (χ3n) is 4.64. The second-order valence-electron chi connectivity index (χ2n) is 6.76. The van der Waals surface area contributed by atoms with Crippen molar-refractivity contribution in [3.8, 4) is 0 Å². The fraction of sp³-hybridized carbons (Fsp3) is 0.381. The van der Waals surface area contributed by atoms with Gasteiger partial charge in [-0.1, -0.05) is 29.8 Å². The lowest BCUT2D eigenvalue weighted by Gasteiger charge is -2.20. The van der Waals surface area contributed by atoms with Crippen molar-refractivity contribution in [1.29, 1.82) is 0 Å². The van der Waals surface area contributed by atoms with Gasteiger partial charge in [-0.3, -0.25) is 9.69 Å². The Balaban J connectivity index is 1.60. The van der Waals surface area contributed by atoms with Gasteiger partial charge in [0.15, 0.2) is 0 Å². The zero-order chi connectivity index (χ0) is 17.6. The van der Waals surface area contributed by atoms with Crippen molar-refractivity contribution < 1.29 is 9.90 Å². The Bertz CT molecular complexity index is 708. The van der Waals surface area contributed by atoms with Crippen molar-refractivity contribution in [2.24, 2.45) is 0 Å². The van der Waals surface area contributed by atoms with E-state index in [-0.39, 0.29) is 12.5 Å². The van der Waals surface area contributed by atoms with Gasteiger partial charge in [0.25, 0.3) is 5.91 Å². The topological polar surface area (TPSA) is 52.6 Å². The van der Waals surface area contributed by atoms with Gasteiger partial charge in [0.2, 0.25) is 0 Å². The highest BCUT2D eigenvalue weighted by Gasteiger charge is 2.27. The van der Waals surface area contributed by atoms with E-state index in [4.69, 9.17) is 0 Å². The van der Waals surface area contributed by atoms with Crippen molar-refractivity contribution in [3.05, 3.63) is 65.2 Å². The minimum absolute atomic E-state index is 0.0832. The highest BCUT2D eigenvalue weighted by molar-refractivity contribution is 6.04. The van der Waals surface area contributed by atoms with E-state index in [2.05, 4.69) is 16.3 Å². The van der Waals surface area contributed by atoms with E-state index < -0.39 is 0 Å². The second-order valence-corrected chi connectivity index (χ2v) is 6.76. The molecule has 2 aromatic carbocycles. The van der Waals surface area contributed by atoms with Crippen LogP contribution < -0.4 is 5.32 Å². The molecule has 4 heteroatoms. The largest absolute Gasteiger partial charge is 0.395 e. The molecular weight excluding hydrogens is 312 g/mol. The van der Waals surface area contributed by atoms with E-state index in [0.717, 1.165) is 30.8 Å². The lowest BCUT2D eigenvalue weighted by molar-refractivity contribution is 0.102. The second kappa shape index (κ2) is 8.28. The number of amides is 1.